The third kappa shape index (κ3) is 3.53. The first kappa shape index (κ1) is 10.6. The molecule has 1 heterocycles. The van der Waals surface area contributed by atoms with Crippen LogP contribution in [0.5, 0.6) is 5.88 Å². The highest BCUT2D eigenvalue weighted by atomic mass is 32.1. The molecule has 0 amide bonds. The summed E-state index contributed by atoms with van der Waals surface area (Å²) in [6.07, 6.45) is 1.64. The highest BCUT2D eigenvalue weighted by Crippen LogP contribution is 2.23. The van der Waals surface area contributed by atoms with Gasteiger partial charge in [0.2, 0.25) is 11.0 Å². The number of hydrogen-bond acceptors (Lipinski definition) is 5. The SMILES string of the molecule is CC(=O)Oc1csc(N=CN(C)C)n1. The molecule has 1 rings (SSSR count). The van der Waals surface area contributed by atoms with E-state index in [4.69, 9.17) is 4.74 Å². The topological polar surface area (TPSA) is 54.8 Å². The van der Waals surface area contributed by atoms with E-state index in [-0.39, 0.29) is 5.97 Å². The summed E-state index contributed by atoms with van der Waals surface area (Å²) in [5, 5.41) is 2.21. The lowest BCUT2D eigenvalue weighted by atomic mass is 10.8. The van der Waals surface area contributed by atoms with E-state index in [0.29, 0.717) is 11.0 Å². The highest BCUT2D eigenvalue weighted by Gasteiger charge is 2.03. The van der Waals surface area contributed by atoms with Gasteiger partial charge in [-0.3, -0.25) is 4.79 Å². The number of carbonyl (C=O) groups is 1. The molecule has 14 heavy (non-hydrogen) atoms. The van der Waals surface area contributed by atoms with Gasteiger partial charge in [-0.25, -0.2) is 4.99 Å². The summed E-state index contributed by atoms with van der Waals surface area (Å²) in [7, 11) is 3.73. The van der Waals surface area contributed by atoms with Gasteiger partial charge in [-0.15, -0.1) is 0 Å². The van der Waals surface area contributed by atoms with Crippen LogP contribution < -0.4 is 4.74 Å². The summed E-state index contributed by atoms with van der Waals surface area (Å²) in [5.74, 6) is -0.0770. The van der Waals surface area contributed by atoms with Crippen molar-refractivity contribution in [3.05, 3.63) is 5.38 Å². The quantitative estimate of drug-likeness (QED) is 0.431. The number of thiazole rings is 1. The van der Waals surface area contributed by atoms with Crippen molar-refractivity contribution in [2.24, 2.45) is 4.99 Å². The molecule has 0 aromatic carbocycles. The molecule has 0 aliphatic carbocycles. The van der Waals surface area contributed by atoms with Gasteiger partial charge in [-0.2, -0.15) is 4.98 Å². The van der Waals surface area contributed by atoms with E-state index in [9.17, 15) is 4.79 Å². The first-order valence-corrected chi connectivity index (χ1v) is 4.80. The van der Waals surface area contributed by atoms with E-state index >= 15 is 0 Å². The smallest absolute Gasteiger partial charge is 0.309 e. The maximum atomic E-state index is 10.6. The van der Waals surface area contributed by atoms with Crippen LogP contribution in [0.2, 0.25) is 0 Å². The Morgan fingerprint density at radius 3 is 3.00 bits per heavy atom. The Balaban J connectivity index is 2.63. The van der Waals surface area contributed by atoms with E-state index in [0.717, 1.165) is 0 Å². The lowest BCUT2D eigenvalue weighted by Gasteiger charge is -1.99. The molecule has 0 radical (unpaired) electrons. The van der Waals surface area contributed by atoms with Gasteiger partial charge in [0, 0.05) is 21.0 Å². The second-order valence-corrected chi connectivity index (χ2v) is 3.61. The van der Waals surface area contributed by atoms with Gasteiger partial charge in [-0.05, 0) is 0 Å². The van der Waals surface area contributed by atoms with Crippen LogP contribution in [0.4, 0.5) is 5.13 Å². The number of rotatable bonds is 3. The number of esters is 1. The predicted molar refractivity (Wildman–Crippen MR) is 55.3 cm³/mol. The molecule has 0 saturated carbocycles. The van der Waals surface area contributed by atoms with Gasteiger partial charge in [0.25, 0.3) is 0 Å². The molecule has 0 aliphatic rings. The zero-order valence-corrected chi connectivity index (χ0v) is 9.04. The fourth-order valence-electron chi connectivity index (χ4n) is 0.668. The summed E-state index contributed by atoms with van der Waals surface area (Å²) < 4.78 is 4.77. The van der Waals surface area contributed by atoms with Crippen molar-refractivity contribution in [2.75, 3.05) is 14.1 Å². The van der Waals surface area contributed by atoms with Crippen molar-refractivity contribution in [1.29, 1.82) is 0 Å². The molecule has 0 fully saturated rings. The molecule has 0 saturated heterocycles. The first-order chi connectivity index (χ1) is 6.58. The summed E-state index contributed by atoms with van der Waals surface area (Å²) in [6.45, 7) is 1.34. The van der Waals surface area contributed by atoms with Gasteiger partial charge in [0.05, 0.1) is 11.7 Å². The van der Waals surface area contributed by atoms with Gasteiger partial charge in [0.15, 0.2) is 0 Å². The minimum Gasteiger partial charge on any atom is -0.407 e. The second-order valence-electron chi connectivity index (χ2n) is 2.77. The Labute approximate surface area is 86.0 Å². The maximum Gasteiger partial charge on any atom is 0.309 e. The van der Waals surface area contributed by atoms with Crippen LogP contribution in [-0.2, 0) is 4.79 Å². The molecule has 0 unspecified atom stereocenters. The van der Waals surface area contributed by atoms with Crippen LogP contribution in [0.25, 0.3) is 0 Å². The van der Waals surface area contributed by atoms with E-state index in [1.54, 1.807) is 16.6 Å². The highest BCUT2D eigenvalue weighted by molar-refractivity contribution is 7.13. The Morgan fingerprint density at radius 2 is 2.43 bits per heavy atom. The van der Waals surface area contributed by atoms with Crippen LogP contribution >= 0.6 is 11.3 Å². The Morgan fingerprint density at radius 1 is 1.71 bits per heavy atom. The van der Waals surface area contributed by atoms with Crippen LogP contribution in [0.15, 0.2) is 10.4 Å². The second kappa shape index (κ2) is 4.71. The van der Waals surface area contributed by atoms with Crippen molar-refractivity contribution in [2.45, 2.75) is 6.92 Å². The summed E-state index contributed by atoms with van der Waals surface area (Å²) in [4.78, 5) is 20.4. The molecule has 0 aliphatic heterocycles. The monoisotopic (exact) mass is 213 g/mol. The number of aliphatic imine (C=N–C) groups is 1. The molecule has 76 valence electrons. The average molecular weight is 213 g/mol. The zero-order chi connectivity index (χ0) is 10.6. The van der Waals surface area contributed by atoms with Crippen molar-refractivity contribution < 1.29 is 9.53 Å². The normalized spacial score (nSPS) is 10.5. The van der Waals surface area contributed by atoms with E-state index in [1.165, 1.54) is 18.3 Å². The van der Waals surface area contributed by atoms with Crippen LogP contribution in [0.1, 0.15) is 6.92 Å². The third-order valence-corrected chi connectivity index (χ3v) is 1.85. The number of ether oxygens (including phenoxy) is 1. The minimum absolute atomic E-state index is 0.299. The maximum absolute atomic E-state index is 10.6. The zero-order valence-electron chi connectivity index (χ0n) is 8.22. The Kier molecular flexibility index (Phi) is 3.58. The number of aromatic nitrogens is 1. The standard InChI is InChI=1S/C8H11N3O2S/c1-6(12)13-7-4-14-8(10-7)9-5-11(2)3/h4-5H,1-3H3. The number of carbonyl (C=O) groups excluding carboxylic acids is 1. The van der Waals surface area contributed by atoms with Crippen molar-refractivity contribution >= 4 is 28.8 Å². The summed E-state index contributed by atoms with van der Waals surface area (Å²) >= 11 is 1.32. The molecule has 1 aromatic rings. The van der Waals surface area contributed by atoms with Crippen molar-refractivity contribution in [3.8, 4) is 5.88 Å². The molecule has 0 bridgehead atoms. The fourth-order valence-corrected chi connectivity index (χ4v) is 1.23. The number of nitrogens with zero attached hydrogens (tertiary/aromatic N) is 3. The summed E-state index contributed by atoms with van der Waals surface area (Å²) in [5.41, 5.74) is 0. The molecule has 0 atom stereocenters. The third-order valence-electron chi connectivity index (χ3n) is 1.12. The Hall–Kier alpha value is -1.43. The van der Waals surface area contributed by atoms with Gasteiger partial charge < -0.3 is 9.64 Å². The van der Waals surface area contributed by atoms with E-state index < -0.39 is 0 Å². The van der Waals surface area contributed by atoms with Gasteiger partial charge in [0.1, 0.15) is 0 Å². The number of hydrogen-bond donors (Lipinski definition) is 0. The van der Waals surface area contributed by atoms with Crippen molar-refractivity contribution in [1.82, 2.24) is 9.88 Å². The van der Waals surface area contributed by atoms with E-state index in [2.05, 4.69) is 9.98 Å². The molecule has 1 aromatic heterocycles. The molecule has 0 spiro atoms. The lowest BCUT2D eigenvalue weighted by molar-refractivity contribution is -0.132. The molecular weight excluding hydrogens is 202 g/mol. The van der Waals surface area contributed by atoms with Gasteiger partial charge in [-0.1, -0.05) is 11.3 Å². The first-order valence-electron chi connectivity index (χ1n) is 3.92. The molecule has 5 nitrogen and oxygen atoms in total. The van der Waals surface area contributed by atoms with E-state index in [1.807, 2.05) is 14.1 Å². The lowest BCUT2D eigenvalue weighted by Crippen LogP contribution is -2.06. The molecule has 0 N–H and O–H groups in total. The minimum atomic E-state index is -0.376. The Bertz CT molecular complexity index is 346. The predicted octanol–water partition coefficient (Wildman–Crippen LogP) is 1.29. The van der Waals surface area contributed by atoms with Crippen molar-refractivity contribution in [3.63, 3.8) is 0 Å². The van der Waals surface area contributed by atoms with Crippen LogP contribution in [0.3, 0.4) is 0 Å². The summed E-state index contributed by atoms with van der Waals surface area (Å²) in [6, 6.07) is 0. The van der Waals surface area contributed by atoms with Crippen LogP contribution in [0, 0.1) is 0 Å². The largest absolute Gasteiger partial charge is 0.407 e. The molecular formula is C8H11N3O2S. The van der Waals surface area contributed by atoms with Gasteiger partial charge >= 0.3 is 5.97 Å². The fraction of sp³-hybridized carbons (Fsp3) is 0.375. The average Bonchev–Trinajstić information content (AvgIpc) is 2.47. The van der Waals surface area contributed by atoms with Crippen LogP contribution in [-0.4, -0.2) is 36.3 Å². The molecule has 6 heteroatoms.